The quantitative estimate of drug-likeness (QED) is 0.384. The van der Waals surface area contributed by atoms with E-state index in [1.807, 2.05) is 12.1 Å². The second-order valence-corrected chi connectivity index (χ2v) is 11.8. The summed E-state index contributed by atoms with van der Waals surface area (Å²) in [6.07, 6.45) is 6.95. The molecule has 0 spiro atoms. The molecule has 202 valence electrons. The topological polar surface area (TPSA) is 106 Å². The highest BCUT2D eigenvalue weighted by Crippen LogP contribution is 2.40. The molecule has 1 saturated heterocycles. The molecule has 0 unspecified atom stereocenters. The van der Waals surface area contributed by atoms with Crippen LogP contribution in [0.15, 0.2) is 76.6 Å². The summed E-state index contributed by atoms with van der Waals surface area (Å²) in [5, 5.41) is 9.51. The molecule has 9 heteroatoms. The Kier molecular flexibility index (Phi) is 8.26. The number of carboxylic acid groups (broad SMARTS) is 1. The zero-order valence-corrected chi connectivity index (χ0v) is 22.6. The van der Waals surface area contributed by atoms with E-state index in [4.69, 9.17) is 4.74 Å². The minimum Gasteiger partial charge on any atom is -0.482 e. The van der Waals surface area contributed by atoms with Crippen molar-refractivity contribution in [2.45, 2.75) is 55.9 Å². The van der Waals surface area contributed by atoms with Gasteiger partial charge in [0.2, 0.25) is 0 Å². The summed E-state index contributed by atoms with van der Waals surface area (Å²) in [4.78, 5) is 26.3. The number of ether oxygens (including phenoxy) is 1. The van der Waals surface area contributed by atoms with Crippen molar-refractivity contribution in [2.75, 3.05) is 19.3 Å². The van der Waals surface area contributed by atoms with E-state index in [0.29, 0.717) is 37.4 Å². The van der Waals surface area contributed by atoms with Crippen molar-refractivity contribution in [1.82, 2.24) is 9.47 Å². The van der Waals surface area contributed by atoms with E-state index in [1.165, 1.54) is 33.2 Å². The van der Waals surface area contributed by atoms with Crippen molar-refractivity contribution in [3.05, 3.63) is 88.3 Å². The largest absolute Gasteiger partial charge is 0.482 e. The molecule has 0 radical (unpaired) electrons. The number of unbranched alkanes of at least 4 members (excludes halogenated alkanes) is 2. The number of rotatable bonds is 9. The Labute approximate surface area is 223 Å². The van der Waals surface area contributed by atoms with E-state index < -0.39 is 21.5 Å². The number of sulfone groups is 1. The molecule has 1 aromatic heterocycles. The van der Waals surface area contributed by atoms with E-state index in [9.17, 15) is 23.1 Å². The van der Waals surface area contributed by atoms with Gasteiger partial charge in [-0.3, -0.25) is 9.36 Å². The van der Waals surface area contributed by atoms with Crippen LogP contribution in [0.2, 0.25) is 0 Å². The number of benzene rings is 2. The number of aromatic nitrogens is 1. The fourth-order valence-corrected chi connectivity index (χ4v) is 5.68. The Balaban J connectivity index is 1.66. The molecule has 1 amide bonds. The van der Waals surface area contributed by atoms with E-state index in [2.05, 4.69) is 19.1 Å². The molecule has 1 aliphatic heterocycles. The van der Waals surface area contributed by atoms with Gasteiger partial charge in [-0.15, -0.1) is 0 Å². The van der Waals surface area contributed by atoms with E-state index in [1.54, 1.807) is 24.4 Å². The Morgan fingerprint density at radius 1 is 1.03 bits per heavy atom. The third-order valence-corrected chi connectivity index (χ3v) is 8.28. The Hall–Kier alpha value is -3.59. The summed E-state index contributed by atoms with van der Waals surface area (Å²) in [5.41, 5.74) is 1.69. The van der Waals surface area contributed by atoms with Gasteiger partial charge in [0.05, 0.1) is 4.90 Å². The number of carbonyl (C=O) groups is 1. The van der Waals surface area contributed by atoms with Crippen LogP contribution >= 0.6 is 0 Å². The molecule has 8 nitrogen and oxygen atoms in total. The summed E-state index contributed by atoms with van der Waals surface area (Å²) in [6, 6.07) is 17.4. The summed E-state index contributed by atoms with van der Waals surface area (Å²) >= 11 is 0. The molecule has 0 aliphatic carbocycles. The number of nitrogens with zero attached hydrogens (tertiary/aromatic N) is 2. The lowest BCUT2D eigenvalue weighted by Gasteiger charge is -2.42. The second kappa shape index (κ2) is 11.4. The lowest BCUT2D eigenvalue weighted by Crippen LogP contribution is -2.48. The van der Waals surface area contributed by atoms with Crippen LogP contribution in [0.25, 0.3) is 5.69 Å². The average Bonchev–Trinajstić information content (AvgIpc) is 2.89. The molecular weight excluding hydrogens is 504 g/mol. The first-order valence-corrected chi connectivity index (χ1v) is 14.8. The molecule has 2 aromatic carbocycles. The van der Waals surface area contributed by atoms with Gasteiger partial charge in [-0.2, -0.15) is 0 Å². The van der Waals surface area contributed by atoms with Crippen molar-refractivity contribution < 1.29 is 23.1 Å². The molecule has 0 saturated carbocycles. The van der Waals surface area contributed by atoms with Gasteiger partial charge in [-0.1, -0.05) is 44.0 Å². The highest BCUT2D eigenvalue weighted by Gasteiger charge is 2.41. The van der Waals surface area contributed by atoms with Crippen LogP contribution in [0.5, 0.6) is 5.75 Å². The van der Waals surface area contributed by atoms with Gasteiger partial charge in [0.15, 0.2) is 9.84 Å². The number of hydrogen-bond acceptors (Lipinski definition) is 5. The van der Waals surface area contributed by atoms with Gasteiger partial charge < -0.3 is 14.7 Å². The molecule has 1 aliphatic rings. The monoisotopic (exact) mass is 538 g/mol. The minimum absolute atomic E-state index is 0.182. The number of pyridine rings is 1. The van der Waals surface area contributed by atoms with Gasteiger partial charge in [0, 0.05) is 50.1 Å². The molecular formula is C29H34N2O6S. The van der Waals surface area contributed by atoms with E-state index >= 15 is 0 Å². The zero-order chi connectivity index (χ0) is 27.3. The number of hydrogen-bond donors (Lipinski definition) is 1. The normalized spacial score (nSPS) is 15.3. The molecule has 2 heterocycles. The number of amides is 1. The predicted octanol–water partition coefficient (Wildman–Crippen LogP) is 5.02. The molecule has 3 aromatic rings. The highest BCUT2D eigenvalue weighted by molar-refractivity contribution is 7.90. The third kappa shape index (κ3) is 6.10. The Morgan fingerprint density at radius 2 is 1.71 bits per heavy atom. The molecule has 0 atom stereocenters. The van der Waals surface area contributed by atoms with Crippen molar-refractivity contribution in [2.24, 2.45) is 0 Å². The summed E-state index contributed by atoms with van der Waals surface area (Å²) < 4.78 is 31.6. The van der Waals surface area contributed by atoms with Gasteiger partial charge in [0.1, 0.15) is 11.4 Å². The molecule has 4 rings (SSSR count). The maximum Gasteiger partial charge on any atom is 0.407 e. The van der Waals surface area contributed by atoms with Crippen LogP contribution in [-0.2, 0) is 21.9 Å². The van der Waals surface area contributed by atoms with Gasteiger partial charge in [0.25, 0.3) is 5.56 Å². The first kappa shape index (κ1) is 27.4. The fourth-order valence-electron chi connectivity index (χ4n) is 5.05. The van der Waals surface area contributed by atoms with Crippen molar-refractivity contribution >= 4 is 15.9 Å². The number of likely N-dealkylation sites (tertiary alicyclic amines) is 1. The first-order chi connectivity index (χ1) is 18.1. The molecule has 38 heavy (non-hydrogen) atoms. The minimum atomic E-state index is -3.34. The summed E-state index contributed by atoms with van der Waals surface area (Å²) in [5.74, 6) is 0.408. The molecule has 1 fully saturated rings. The predicted molar refractivity (Wildman–Crippen MR) is 146 cm³/mol. The summed E-state index contributed by atoms with van der Waals surface area (Å²) in [7, 11) is -3.34. The van der Waals surface area contributed by atoms with Crippen molar-refractivity contribution in [3.63, 3.8) is 0 Å². The maximum atomic E-state index is 13.1. The number of aryl methyl sites for hydroxylation is 1. The average molecular weight is 539 g/mol. The van der Waals surface area contributed by atoms with Crippen LogP contribution in [0.3, 0.4) is 0 Å². The Morgan fingerprint density at radius 3 is 2.32 bits per heavy atom. The van der Waals surface area contributed by atoms with Crippen LogP contribution in [-0.4, -0.2) is 48.4 Å². The highest BCUT2D eigenvalue weighted by atomic mass is 32.2. The number of piperidine rings is 1. The zero-order valence-electron chi connectivity index (χ0n) is 21.8. The SMILES string of the molecule is CCCCCc1ccccc1C1(Oc2ccn(-c3ccc(S(C)(=O)=O)cc3)c(=O)c2)CCN(C(=O)O)CC1. The standard InChI is InChI=1S/C29H34N2O6S/c1-3-4-5-8-22-9-6-7-10-26(22)29(16-19-30(20-17-29)28(33)34)37-24-15-18-31(27(32)21-24)23-11-13-25(14-12-23)38(2,35)36/h6-7,9-15,18,21H,3-5,8,16-17,19-20H2,1-2H3,(H,33,34). The summed E-state index contributed by atoms with van der Waals surface area (Å²) in [6.45, 7) is 2.84. The van der Waals surface area contributed by atoms with Gasteiger partial charge >= 0.3 is 6.09 Å². The van der Waals surface area contributed by atoms with Crippen LogP contribution in [0.4, 0.5) is 4.79 Å². The Bertz CT molecular complexity index is 1440. The van der Waals surface area contributed by atoms with Crippen LogP contribution in [0.1, 0.15) is 50.2 Å². The van der Waals surface area contributed by atoms with E-state index in [-0.39, 0.29) is 10.5 Å². The van der Waals surface area contributed by atoms with Gasteiger partial charge in [-0.05, 0) is 54.3 Å². The van der Waals surface area contributed by atoms with E-state index in [0.717, 1.165) is 37.5 Å². The third-order valence-electron chi connectivity index (χ3n) is 7.15. The van der Waals surface area contributed by atoms with Crippen LogP contribution in [0, 0.1) is 0 Å². The molecule has 0 bridgehead atoms. The first-order valence-electron chi connectivity index (χ1n) is 12.9. The fraction of sp³-hybridized carbons (Fsp3) is 0.379. The lowest BCUT2D eigenvalue weighted by atomic mass is 9.80. The van der Waals surface area contributed by atoms with Crippen LogP contribution < -0.4 is 10.3 Å². The van der Waals surface area contributed by atoms with Gasteiger partial charge in [-0.25, -0.2) is 13.2 Å². The van der Waals surface area contributed by atoms with Crippen molar-refractivity contribution in [1.29, 1.82) is 0 Å². The lowest BCUT2D eigenvalue weighted by molar-refractivity contribution is 0.000348. The smallest absolute Gasteiger partial charge is 0.407 e. The maximum absolute atomic E-state index is 13.1. The molecule has 1 N–H and O–H groups in total. The second-order valence-electron chi connectivity index (χ2n) is 9.82. The van der Waals surface area contributed by atoms with Crippen molar-refractivity contribution in [3.8, 4) is 11.4 Å².